The van der Waals surface area contributed by atoms with E-state index in [0.29, 0.717) is 0 Å². The van der Waals surface area contributed by atoms with E-state index < -0.39 is 0 Å². The van der Waals surface area contributed by atoms with Crippen molar-refractivity contribution in [3.63, 3.8) is 0 Å². The Hall–Kier alpha value is 1.17. The SMILES string of the molecule is C.P.[Fe].[Si]. The minimum atomic E-state index is 0. The second-order valence-electron chi connectivity index (χ2n) is 0. The molecule has 0 aromatic heterocycles. The Balaban J connectivity index is 0. The van der Waals surface area contributed by atoms with Crippen molar-refractivity contribution < 1.29 is 17.1 Å². The van der Waals surface area contributed by atoms with Crippen LogP contribution in [0, 0.1) is 0 Å². The fraction of sp³-hybridized carbons (Fsp3) is 1.00. The molecule has 0 saturated carbocycles. The quantitative estimate of drug-likeness (QED) is 0.330. The van der Waals surface area contributed by atoms with Crippen LogP contribution in [0.4, 0.5) is 0 Å². The van der Waals surface area contributed by atoms with Gasteiger partial charge in [-0.2, -0.15) is 9.90 Å². The molecule has 0 aliphatic heterocycles. The summed E-state index contributed by atoms with van der Waals surface area (Å²) in [6, 6.07) is 0. The molecule has 0 aliphatic rings. The first-order valence-electron chi connectivity index (χ1n) is 0. The maximum absolute atomic E-state index is 0. The first-order chi connectivity index (χ1) is 0. The average Bonchev–Trinajstić information content (AvgIpc) is 0. The van der Waals surface area contributed by atoms with Gasteiger partial charge in [-0.25, -0.2) is 0 Å². The monoisotopic (exact) mass is 134 g/mol. The first-order valence-corrected chi connectivity index (χ1v) is 0. The van der Waals surface area contributed by atoms with Gasteiger partial charge in [0, 0.05) is 28.0 Å². The first kappa shape index (κ1) is 65.9. The summed E-state index contributed by atoms with van der Waals surface area (Å²) in [5, 5.41) is 0. The predicted molar refractivity (Wildman–Crippen MR) is 23.6 cm³/mol. The topological polar surface area (TPSA) is 0 Å². The van der Waals surface area contributed by atoms with Crippen molar-refractivity contribution in [2.45, 2.75) is 7.43 Å². The molecule has 0 bridgehead atoms. The summed E-state index contributed by atoms with van der Waals surface area (Å²) >= 11 is 0. The molecule has 0 aromatic carbocycles. The molecule has 1 atom stereocenters. The van der Waals surface area contributed by atoms with Gasteiger partial charge in [-0.05, 0) is 0 Å². The second-order valence-corrected chi connectivity index (χ2v) is 0. The molecular formula is CH7FePSi. The molecule has 28 valence electrons. The molecule has 3 heteroatoms. The summed E-state index contributed by atoms with van der Waals surface area (Å²) in [5.41, 5.74) is 0. The Morgan fingerprint density at radius 1 is 1.00 bits per heavy atom. The molecule has 0 aromatic rings. The minimum absolute atomic E-state index is 0. The Morgan fingerprint density at radius 3 is 1.00 bits per heavy atom. The normalized spacial score (nSPS) is 0. The van der Waals surface area contributed by atoms with Crippen LogP contribution in [-0.4, -0.2) is 11.0 Å². The second kappa shape index (κ2) is 30.7. The van der Waals surface area contributed by atoms with Crippen molar-refractivity contribution in [2.24, 2.45) is 0 Å². The van der Waals surface area contributed by atoms with E-state index in [1.54, 1.807) is 0 Å². The molecular weight excluding hydrogens is 127 g/mol. The molecule has 0 spiro atoms. The van der Waals surface area contributed by atoms with Crippen LogP contribution in [-0.2, 0) is 17.1 Å². The largest absolute Gasteiger partial charge is 0.153 e. The van der Waals surface area contributed by atoms with Crippen molar-refractivity contribution in [3.8, 4) is 0 Å². The van der Waals surface area contributed by atoms with E-state index in [9.17, 15) is 0 Å². The fourth-order valence-electron chi connectivity index (χ4n) is 0. The number of rotatable bonds is 0. The van der Waals surface area contributed by atoms with Gasteiger partial charge >= 0.3 is 0 Å². The van der Waals surface area contributed by atoms with E-state index in [-0.39, 0.29) is 45.4 Å². The molecule has 0 N–H and O–H groups in total. The van der Waals surface area contributed by atoms with Crippen molar-refractivity contribution in [1.82, 2.24) is 0 Å². The van der Waals surface area contributed by atoms with Crippen LogP contribution in [0.15, 0.2) is 0 Å². The molecule has 0 heterocycles. The van der Waals surface area contributed by atoms with Crippen LogP contribution < -0.4 is 0 Å². The summed E-state index contributed by atoms with van der Waals surface area (Å²) in [6.45, 7) is 0. The Labute approximate surface area is 45.9 Å². The Kier molecular flexibility index (Phi) is 506. The molecule has 0 rings (SSSR count). The zero-order chi connectivity index (χ0) is 0. The molecule has 4 radical (unpaired) electrons. The van der Waals surface area contributed by atoms with Gasteiger partial charge in [0.15, 0.2) is 0 Å². The molecule has 0 aliphatic carbocycles. The smallest absolute Gasteiger partial charge is 0 e. The third kappa shape index (κ3) is 10.9. The Morgan fingerprint density at radius 2 is 1.00 bits per heavy atom. The minimum Gasteiger partial charge on any atom is -0.153 e. The van der Waals surface area contributed by atoms with Crippen LogP contribution >= 0.6 is 9.90 Å². The molecule has 0 saturated heterocycles. The van der Waals surface area contributed by atoms with E-state index in [0.717, 1.165) is 0 Å². The number of hydrogen-bond acceptors (Lipinski definition) is 0. The van der Waals surface area contributed by atoms with Gasteiger partial charge in [0.2, 0.25) is 0 Å². The van der Waals surface area contributed by atoms with Crippen molar-refractivity contribution in [1.29, 1.82) is 0 Å². The Bertz CT molecular complexity index is 8.00. The van der Waals surface area contributed by atoms with Gasteiger partial charge in [-0.15, -0.1) is 0 Å². The number of hydrogen-bond donors (Lipinski definition) is 0. The molecule has 4 heavy (non-hydrogen) atoms. The van der Waals surface area contributed by atoms with Gasteiger partial charge in [0.25, 0.3) is 0 Å². The van der Waals surface area contributed by atoms with E-state index in [4.69, 9.17) is 0 Å². The van der Waals surface area contributed by atoms with Crippen molar-refractivity contribution in [2.75, 3.05) is 0 Å². The zero-order valence-electron chi connectivity index (χ0n) is 1.56. The van der Waals surface area contributed by atoms with E-state index in [2.05, 4.69) is 0 Å². The summed E-state index contributed by atoms with van der Waals surface area (Å²) in [4.78, 5) is 0. The van der Waals surface area contributed by atoms with Gasteiger partial charge in [0.1, 0.15) is 0 Å². The summed E-state index contributed by atoms with van der Waals surface area (Å²) in [6.07, 6.45) is 0. The van der Waals surface area contributed by atoms with Crippen LogP contribution in [0.1, 0.15) is 7.43 Å². The molecule has 1 unspecified atom stereocenters. The molecule has 0 fully saturated rings. The average molecular weight is 134 g/mol. The maximum Gasteiger partial charge on any atom is 0 e. The molecule has 0 nitrogen and oxygen atoms in total. The van der Waals surface area contributed by atoms with Crippen LogP contribution in [0.2, 0.25) is 0 Å². The van der Waals surface area contributed by atoms with Gasteiger partial charge in [-0.1, -0.05) is 7.43 Å². The maximum atomic E-state index is 0. The summed E-state index contributed by atoms with van der Waals surface area (Å²) in [7, 11) is 0. The van der Waals surface area contributed by atoms with Crippen molar-refractivity contribution in [3.05, 3.63) is 0 Å². The van der Waals surface area contributed by atoms with Gasteiger partial charge in [-0.3, -0.25) is 0 Å². The predicted octanol–water partition coefficient (Wildman–Crippen LogP) is 0.311. The standard InChI is InChI=1S/CH4.Fe.H3P.Si/h1H4;;1H3;. The molecule has 0 amide bonds. The zero-order valence-corrected chi connectivity index (χ0v) is 5.08. The van der Waals surface area contributed by atoms with E-state index >= 15 is 0 Å². The van der Waals surface area contributed by atoms with Crippen LogP contribution in [0.5, 0.6) is 0 Å². The van der Waals surface area contributed by atoms with Crippen LogP contribution in [0.3, 0.4) is 0 Å². The van der Waals surface area contributed by atoms with Gasteiger partial charge < -0.3 is 0 Å². The third-order valence-corrected chi connectivity index (χ3v) is 0. The van der Waals surface area contributed by atoms with E-state index in [1.807, 2.05) is 0 Å². The van der Waals surface area contributed by atoms with E-state index in [1.165, 1.54) is 0 Å². The fourth-order valence-corrected chi connectivity index (χ4v) is 0. The summed E-state index contributed by atoms with van der Waals surface area (Å²) in [5.74, 6) is 0. The summed E-state index contributed by atoms with van der Waals surface area (Å²) < 4.78 is 0. The van der Waals surface area contributed by atoms with Crippen molar-refractivity contribution >= 4 is 20.9 Å². The van der Waals surface area contributed by atoms with Gasteiger partial charge in [0.05, 0.1) is 0 Å². The third-order valence-electron chi connectivity index (χ3n) is 0. The van der Waals surface area contributed by atoms with Crippen LogP contribution in [0.25, 0.3) is 0 Å².